The topological polar surface area (TPSA) is 37.3 Å². The van der Waals surface area contributed by atoms with Crippen LogP contribution >= 0.6 is 0 Å². The summed E-state index contributed by atoms with van der Waals surface area (Å²) in [6.07, 6.45) is 12.1. The van der Waals surface area contributed by atoms with Crippen LogP contribution in [0.25, 0.3) is 11.6 Å². The number of hydrogen-bond acceptors (Lipinski definition) is 2. The lowest BCUT2D eigenvalue weighted by molar-refractivity contribution is -0.113. The van der Waals surface area contributed by atoms with Crippen LogP contribution in [0.5, 0.6) is 5.75 Å². The lowest BCUT2D eigenvalue weighted by Crippen LogP contribution is -2.02. The maximum absolute atomic E-state index is 12.3. The van der Waals surface area contributed by atoms with Crippen LogP contribution in [0.15, 0.2) is 90.6 Å². The molecule has 3 heteroatoms. The number of phenols is 1. The fourth-order valence-electron chi connectivity index (χ4n) is 3.77. The molecule has 1 aliphatic rings. The number of rotatable bonds is 6. The molecule has 0 heterocycles. The minimum absolute atomic E-state index is 0.0183. The average molecular weight is 445 g/mol. The van der Waals surface area contributed by atoms with Crippen molar-refractivity contribution in [2.45, 2.75) is 46.5 Å². The predicted octanol–water partition coefficient (Wildman–Crippen LogP) is 8.14. The smallest absolute Gasteiger partial charge is 0.159 e. The minimum atomic E-state index is -0.442. The highest BCUT2D eigenvalue weighted by Gasteiger charge is 2.16. The molecule has 3 rings (SSSR count). The molecule has 0 aromatic heterocycles. The Hall–Kier alpha value is -3.46. The lowest BCUT2D eigenvalue weighted by atomic mass is 9.83. The number of allylic oxidation sites excluding steroid dienone is 7. The van der Waals surface area contributed by atoms with Crippen molar-refractivity contribution in [2.75, 3.05) is 0 Å². The first-order chi connectivity index (χ1) is 15.7. The van der Waals surface area contributed by atoms with E-state index in [1.807, 2.05) is 6.08 Å². The monoisotopic (exact) mass is 444 g/mol. The maximum atomic E-state index is 12.3. The Kier molecular flexibility index (Phi) is 9.81. The van der Waals surface area contributed by atoms with Crippen molar-refractivity contribution >= 4 is 17.4 Å². The molecule has 1 N–H and O–H groups in total. The van der Waals surface area contributed by atoms with Crippen LogP contribution in [0.3, 0.4) is 0 Å². The van der Waals surface area contributed by atoms with Gasteiger partial charge in [0, 0.05) is 17.2 Å². The highest BCUT2D eigenvalue weighted by atomic mass is 19.1. The van der Waals surface area contributed by atoms with Crippen molar-refractivity contribution in [3.63, 3.8) is 0 Å². The molecule has 2 nitrogen and oxygen atoms in total. The van der Waals surface area contributed by atoms with Crippen molar-refractivity contribution in [1.82, 2.24) is 0 Å². The summed E-state index contributed by atoms with van der Waals surface area (Å²) in [5.41, 5.74) is 8.05. The summed E-state index contributed by atoms with van der Waals surface area (Å²) in [6.45, 7) is 13.1. The Labute approximate surface area is 197 Å². The minimum Gasteiger partial charge on any atom is -0.507 e. The Bertz CT molecular complexity index is 1120. The van der Waals surface area contributed by atoms with Crippen LogP contribution in [-0.4, -0.2) is 10.9 Å². The number of carbonyl (C=O) groups is 1. The van der Waals surface area contributed by atoms with Gasteiger partial charge in [-0.05, 0) is 86.4 Å². The molecule has 0 amide bonds. The van der Waals surface area contributed by atoms with Gasteiger partial charge >= 0.3 is 0 Å². The lowest BCUT2D eigenvalue weighted by Gasteiger charge is -2.22. The van der Waals surface area contributed by atoms with Gasteiger partial charge in [0.15, 0.2) is 5.78 Å². The van der Waals surface area contributed by atoms with Crippen molar-refractivity contribution in [1.29, 1.82) is 0 Å². The molecule has 0 saturated heterocycles. The van der Waals surface area contributed by atoms with E-state index in [1.165, 1.54) is 58.9 Å². The molecule has 1 aliphatic carbocycles. The van der Waals surface area contributed by atoms with Gasteiger partial charge in [0.1, 0.15) is 11.6 Å². The molecule has 0 aliphatic heterocycles. The van der Waals surface area contributed by atoms with Crippen molar-refractivity contribution in [3.05, 3.63) is 113 Å². The third-order valence-corrected chi connectivity index (χ3v) is 5.72. The zero-order valence-electron chi connectivity index (χ0n) is 19.8. The summed E-state index contributed by atoms with van der Waals surface area (Å²) in [7, 11) is 0. The number of phenolic OH excluding ortho intramolecular Hbond substituents is 1. The third-order valence-electron chi connectivity index (χ3n) is 5.72. The van der Waals surface area contributed by atoms with E-state index in [0.29, 0.717) is 11.1 Å². The molecule has 0 unspecified atom stereocenters. The van der Waals surface area contributed by atoms with Crippen LogP contribution in [0.4, 0.5) is 4.39 Å². The van der Waals surface area contributed by atoms with E-state index in [9.17, 15) is 9.18 Å². The normalized spacial score (nSPS) is 14.0. The summed E-state index contributed by atoms with van der Waals surface area (Å²) < 4.78 is 12.3. The van der Waals surface area contributed by atoms with Gasteiger partial charge in [-0.3, -0.25) is 4.79 Å². The van der Waals surface area contributed by atoms with Crippen LogP contribution in [0.1, 0.15) is 56.2 Å². The van der Waals surface area contributed by atoms with E-state index < -0.39 is 5.82 Å². The molecule has 0 bridgehead atoms. The highest BCUT2D eigenvalue weighted by Crippen LogP contribution is 2.37. The number of aryl methyl sites for hydroxylation is 1. The molecule has 172 valence electrons. The first kappa shape index (κ1) is 25.8. The van der Waals surface area contributed by atoms with Crippen LogP contribution in [0.2, 0.25) is 0 Å². The van der Waals surface area contributed by atoms with Crippen molar-refractivity contribution < 1.29 is 14.3 Å². The number of carbonyl (C=O) groups excluding carboxylic acids is 1. The number of ketones is 1. The van der Waals surface area contributed by atoms with Gasteiger partial charge in [0.2, 0.25) is 0 Å². The van der Waals surface area contributed by atoms with E-state index in [0.717, 1.165) is 18.9 Å². The first-order valence-electron chi connectivity index (χ1n) is 11.2. The molecule has 0 atom stereocenters. The Morgan fingerprint density at radius 2 is 1.79 bits per heavy atom. The van der Waals surface area contributed by atoms with E-state index >= 15 is 0 Å². The summed E-state index contributed by atoms with van der Waals surface area (Å²) in [5, 5.41) is 8.98. The van der Waals surface area contributed by atoms with Gasteiger partial charge in [-0.2, -0.15) is 0 Å². The standard InChI is InChI=1S/C22H26O.C8H7FO/c1-16(19(4)23)11-9-12-18(3)21-14-7-8-15-22(21)20-13-6-5-10-17(20)2;1-2-6-3-4-7(9)5-8(6)10/h5-6,9-13H,1,7-8,14-15H2,2-4H3;2-5,10H,1H2/b11-9-,18-12+;. The van der Waals surface area contributed by atoms with Gasteiger partial charge in [0.05, 0.1) is 0 Å². The molecule has 2 aromatic carbocycles. The number of benzene rings is 2. The molecule has 0 fully saturated rings. The molecule has 0 radical (unpaired) electrons. The predicted molar refractivity (Wildman–Crippen MR) is 137 cm³/mol. The Morgan fingerprint density at radius 1 is 1.09 bits per heavy atom. The van der Waals surface area contributed by atoms with Gasteiger partial charge in [-0.25, -0.2) is 4.39 Å². The molecular weight excluding hydrogens is 411 g/mol. The number of halogens is 1. The fourth-order valence-corrected chi connectivity index (χ4v) is 3.77. The molecule has 33 heavy (non-hydrogen) atoms. The summed E-state index contributed by atoms with van der Waals surface area (Å²) in [5.74, 6) is -0.497. The second kappa shape index (κ2) is 12.5. The summed E-state index contributed by atoms with van der Waals surface area (Å²) in [6, 6.07) is 12.4. The van der Waals surface area contributed by atoms with E-state index in [-0.39, 0.29) is 11.5 Å². The van der Waals surface area contributed by atoms with Gasteiger partial charge in [-0.1, -0.05) is 61.7 Å². The zero-order chi connectivity index (χ0) is 24.4. The van der Waals surface area contributed by atoms with E-state index in [1.54, 1.807) is 13.0 Å². The average Bonchev–Trinajstić information content (AvgIpc) is 2.79. The van der Waals surface area contributed by atoms with Crippen molar-refractivity contribution in [3.8, 4) is 5.75 Å². The second-order valence-electron chi connectivity index (χ2n) is 8.18. The Balaban J connectivity index is 0.000000321. The molecule has 0 spiro atoms. The summed E-state index contributed by atoms with van der Waals surface area (Å²) >= 11 is 0. The van der Waals surface area contributed by atoms with Gasteiger partial charge in [-0.15, -0.1) is 0 Å². The quantitative estimate of drug-likeness (QED) is 0.360. The van der Waals surface area contributed by atoms with Gasteiger partial charge < -0.3 is 5.11 Å². The molecule has 0 saturated carbocycles. The fraction of sp³-hybridized carbons (Fsp3) is 0.233. The zero-order valence-corrected chi connectivity index (χ0v) is 19.8. The third kappa shape index (κ3) is 7.57. The number of aromatic hydroxyl groups is 1. The Morgan fingerprint density at radius 3 is 2.42 bits per heavy atom. The first-order valence-corrected chi connectivity index (χ1v) is 11.2. The highest BCUT2D eigenvalue weighted by molar-refractivity contribution is 5.95. The van der Waals surface area contributed by atoms with Crippen LogP contribution in [0, 0.1) is 12.7 Å². The molecular formula is C30H33FO2. The molecule has 2 aromatic rings. The summed E-state index contributed by atoms with van der Waals surface area (Å²) in [4.78, 5) is 11.2. The maximum Gasteiger partial charge on any atom is 0.159 e. The van der Waals surface area contributed by atoms with E-state index in [4.69, 9.17) is 5.11 Å². The number of Topliss-reactive ketones (excluding diaryl/α,β-unsaturated/α-hetero) is 1. The van der Waals surface area contributed by atoms with Gasteiger partial charge in [0.25, 0.3) is 0 Å². The number of hydrogen-bond donors (Lipinski definition) is 1. The van der Waals surface area contributed by atoms with E-state index in [2.05, 4.69) is 57.3 Å². The largest absolute Gasteiger partial charge is 0.507 e. The second-order valence-corrected chi connectivity index (χ2v) is 8.18. The van der Waals surface area contributed by atoms with Crippen LogP contribution < -0.4 is 0 Å². The van der Waals surface area contributed by atoms with Crippen molar-refractivity contribution in [2.24, 2.45) is 0 Å². The van der Waals surface area contributed by atoms with Crippen LogP contribution in [-0.2, 0) is 4.79 Å². The SMILES string of the molecule is C=C(/C=C\C=C(/C)C1=C(c2ccccc2C)CCCC1)C(C)=O.C=Cc1ccc(F)cc1O.